The van der Waals surface area contributed by atoms with E-state index in [2.05, 4.69) is 9.97 Å². The molecule has 0 radical (unpaired) electrons. The maximum atomic E-state index is 11.5. The van der Waals surface area contributed by atoms with E-state index in [0.717, 1.165) is 5.56 Å². The van der Waals surface area contributed by atoms with Gasteiger partial charge < -0.3 is 10.5 Å². The Kier molecular flexibility index (Phi) is 4.11. The van der Waals surface area contributed by atoms with Gasteiger partial charge in [0.25, 0.3) is 5.91 Å². The molecule has 0 saturated carbocycles. The number of nitrogens with zero attached hydrogens (tertiary/aromatic N) is 2. The number of hydrogen-bond acceptors (Lipinski definition) is 6. The molecule has 0 aliphatic heterocycles. The molecule has 0 fully saturated rings. The van der Waals surface area contributed by atoms with Crippen LogP contribution in [0.1, 0.15) is 17.4 Å². The van der Waals surface area contributed by atoms with Crippen LogP contribution in [0.2, 0.25) is 0 Å². The maximum absolute atomic E-state index is 11.5. The van der Waals surface area contributed by atoms with Gasteiger partial charge in [-0.15, -0.1) is 0 Å². The Labute approximate surface area is 115 Å². The minimum absolute atomic E-state index is 0.00270. The van der Waals surface area contributed by atoms with E-state index in [-0.39, 0.29) is 11.6 Å². The highest BCUT2D eigenvalue weighted by Gasteiger charge is 2.11. The lowest BCUT2D eigenvalue weighted by molar-refractivity contribution is 0.0948. The van der Waals surface area contributed by atoms with E-state index in [0.29, 0.717) is 18.1 Å². The highest BCUT2D eigenvalue weighted by molar-refractivity contribution is 5.93. The van der Waals surface area contributed by atoms with Crippen LogP contribution < -0.4 is 21.7 Å². The van der Waals surface area contributed by atoms with E-state index < -0.39 is 5.91 Å². The number of amides is 1. The lowest BCUT2D eigenvalue weighted by Crippen LogP contribution is -2.31. The molecule has 1 aromatic heterocycles. The van der Waals surface area contributed by atoms with E-state index in [1.807, 2.05) is 36.6 Å². The first-order valence-corrected chi connectivity index (χ1v) is 6.02. The van der Waals surface area contributed by atoms with Crippen molar-refractivity contribution in [1.29, 1.82) is 0 Å². The molecule has 0 aliphatic carbocycles. The lowest BCUT2D eigenvalue weighted by atomic mass is 10.1. The Hall–Kier alpha value is -2.67. The first kappa shape index (κ1) is 13.8. The molecule has 1 heterocycles. The van der Waals surface area contributed by atoms with Crippen LogP contribution in [0.5, 0.6) is 5.75 Å². The molecule has 1 aromatic carbocycles. The summed E-state index contributed by atoms with van der Waals surface area (Å²) >= 11 is 0. The van der Waals surface area contributed by atoms with Crippen LogP contribution >= 0.6 is 0 Å². The van der Waals surface area contributed by atoms with Crippen molar-refractivity contribution in [3.8, 4) is 17.0 Å². The summed E-state index contributed by atoms with van der Waals surface area (Å²) in [6.07, 6.45) is 0. The number of nitrogens with two attached hydrogens (primary N) is 2. The SMILES string of the molecule is CCOc1cccc(-c2cc(C(=O)NN)nc(N)n2)c1. The van der Waals surface area contributed by atoms with E-state index in [4.69, 9.17) is 16.3 Å². The fourth-order valence-corrected chi connectivity index (χ4v) is 1.72. The fraction of sp³-hybridized carbons (Fsp3) is 0.154. The maximum Gasteiger partial charge on any atom is 0.283 e. The minimum atomic E-state index is -0.527. The topological polar surface area (TPSA) is 116 Å². The third-order valence-electron chi connectivity index (χ3n) is 2.55. The Bertz CT molecular complexity index is 630. The van der Waals surface area contributed by atoms with Crippen molar-refractivity contribution in [2.75, 3.05) is 12.3 Å². The van der Waals surface area contributed by atoms with Gasteiger partial charge in [-0.25, -0.2) is 15.8 Å². The van der Waals surface area contributed by atoms with Crippen LogP contribution in [0.25, 0.3) is 11.3 Å². The summed E-state index contributed by atoms with van der Waals surface area (Å²) in [5.74, 6) is 5.28. The van der Waals surface area contributed by atoms with Crippen LogP contribution in [0.4, 0.5) is 5.95 Å². The normalized spacial score (nSPS) is 10.1. The number of anilines is 1. The van der Waals surface area contributed by atoms with Crippen molar-refractivity contribution < 1.29 is 9.53 Å². The molecule has 104 valence electrons. The van der Waals surface area contributed by atoms with Crippen LogP contribution in [0.15, 0.2) is 30.3 Å². The van der Waals surface area contributed by atoms with Gasteiger partial charge in [-0.05, 0) is 25.1 Å². The summed E-state index contributed by atoms with van der Waals surface area (Å²) in [6.45, 7) is 2.47. The quantitative estimate of drug-likeness (QED) is 0.429. The summed E-state index contributed by atoms with van der Waals surface area (Å²) < 4.78 is 5.42. The van der Waals surface area contributed by atoms with Gasteiger partial charge in [0.15, 0.2) is 0 Å². The number of nitrogen functional groups attached to an aromatic ring is 2. The van der Waals surface area contributed by atoms with Crippen LogP contribution in [-0.4, -0.2) is 22.5 Å². The second kappa shape index (κ2) is 5.98. The standard InChI is InChI=1S/C13H15N5O2/c1-2-20-9-5-3-4-8(6-9)10-7-11(12(19)18-15)17-13(14)16-10/h3-7H,2,15H2,1H3,(H,18,19)(H2,14,16,17). The highest BCUT2D eigenvalue weighted by atomic mass is 16.5. The number of hydrazine groups is 1. The van der Waals surface area contributed by atoms with Gasteiger partial charge in [0.1, 0.15) is 11.4 Å². The average molecular weight is 273 g/mol. The first-order chi connectivity index (χ1) is 9.63. The number of nitrogens with one attached hydrogen (secondary N) is 1. The van der Waals surface area contributed by atoms with Gasteiger partial charge in [0, 0.05) is 5.56 Å². The summed E-state index contributed by atoms with van der Waals surface area (Å²) in [6, 6.07) is 8.85. The molecule has 0 unspecified atom stereocenters. The number of carbonyl (C=O) groups is 1. The van der Waals surface area contributed by atoms with Crippen LogP contribution in [0.3, 0.4) is 0 Å². The molecule has 1 amide bonds. The predicted octanol–water partition coefficient (Wildman–Crippen LogP) is 0.728. The van der Waals surface area contributed by atoms with Gasteiger partial charge in [-0.1, -0.05) is 12.1 Å². The molecule has 0 bridgehead atoms. The third kappa shape index (κ3) is 3.01. The summed E-state index contributed by atoms with van der Waals surface area (Å²) in [5.41, 5.74) is 9.03. The third-order valence-corrected chi connectivity index (χ3v) is 2.55. The van der Waals surface area contributed by atoms with Gasteiger partial charge in [-0.2, -0.15) is 0 Å². The molecular formula is C13H15N5O2. The van der Waals surface area contributed by atoms with E-state index in [1.165, 1.54) is 6.07 Å². The molecule has 2 aromatic rings. The number of aromatic nitrogens is 2. The number of benzene rings is 1. The van der Waals surface area contributed by atoms with Crippen molar-refractivity contribution >= 4 is 11.9 Å². The molecular weight excluding hydrogens is 258 g/mol. The molecule has 7 heteroatoms. The van der Waals surface area contributed by atoms with Gasteiger partial charge >= 0.3 is 0 Å². The molecule has 0 aliphatic rings. The first-order valence-electron chi connectivity index (χ1n) is 6.02. The van der Waals surface area contributed by atoms with Crippen LogP contribution in [-0.2, 0) is 0 Å². The van der Waals surface area contributed by atoms with Crippen molar-refractivity contribution in [3.05, 3.63) is 36.0 Å². The zero-order valence-electron chi connectivity index (χ0n) is 11.0. The zero-order valence-corrected chi connectivity index (χ0v) is 11.0. The molecule has 7 nitrogen and oxygen atoms in total. The largest absolute Gasteiger partial charge is 0.494 e. The monoisotopic (exact) mass is 273 g/mol. The Morgan fingerprint density at radius 3 is 2.85 bits per heavy atom. The predicted molar refractivity (Wildman–Crippen MR) is 74.7 cm³/mol. The number of rotatable bonds is 4. The summed E-state index contributed by atoms with van der Waals surface area (Å²) in [4.78, 5) is 19.5. The zero-order chi connectivity index (χ0) is 14.5. The molecule has 20 heavy (non-hydrogen) atoms. The number of carbonyl (C=O) groups excluding carboxylic acids is 1. The van der Waals surface area contributed by atoms with Crippen molar-refractivity contribution in [3.63, 3.8) is 0 Å². The van der Waals surface area contributed by atoms with Gasteiger partial charge in [0.05, 0.1) is 12.3 Å². The number of hydrogen-bond donors (Lipinski definition) is 3. The second-order valence-electron chi connectivity index (χ2n) is 3.93. The van der Waals surface area contributed by atoms with Crippen molar-refractivity contribution in [1.82, 2.24) is 15.4 Å². The summed E-state index contributed by atoms with van der Waals surface area (Å²) in [7, 11) is 0. The van der Waals surface area contributed by atoms with E-state index in [1.54, 1.807) is 0 Å². The Morgan fingerprint density at radius 1 is 1.35 bits per heavy atom. The molecule has 2 rings (SSSR count). The number of ether oxygens (including phenoxy) is 1. The second-order valence-corrected chi connectivity index (χ2v) is 3.93. The molecule has 5 N–H and O–H groups in total. The van der Waals surface area contributed by atoms with Crippen LogP contribution in [0, 0.1) is 0 Å². The van der Waals surface area contributed by atoms with Gasteiger partial charge in [0.2, 0.25) is 5.95 Å². The van der Waals surface area contributed by atoms with E-state index in [9.17, 15) is 4.79 Å². The summed E-state index contributed by atoms with van der Waals surface area (Å²) in [5, 5.41) is 0. The smallest absolute Gasteiger partial charge is 0.283 e. The fourth-order valence-electron chi connectivity index (χ4n) is 1.72. The average Bonchev–Trinajstić information content (AvgIpc) is 2.46. The molecule has 0 spiro atoms. The molecule has 0 atom stereocenters. The Balaban J connectivity index is 2.44. The Morgan fingerprint density at radius 2 is 2.15 bits per heavy atom. The van der Waals surface area contributed by atoms with Crippen molar-refractivity contribution in [2.24, 2.45) is 5.84 Å². The van der Waals surface area contributed by atoms with Crippen molar-refractivity contribution in [2.45, 2.75) is 6.92 Å². The highest BCUT2D eigenvalue weighted by Crippen LogP contribution is 2.23. The molecule has 0 saturated heterocycles. The van der Waals surface area contributed by atoms with Gasteiger partial charge in [-0.3, -0.25) is 10.2 Å². The van der Waals surface area contributed by atoms with E-state index >= 15 is 0 Å². The minimum Gasteiger partial charge on any atom is -0.494 e. The lowest BCUT2D eigenvalue weighted by Gasteiger charge is -2.07.